The number of amides is 1. The lowest BCUT2D eigenvalue weighted by Crippen LogP contribution is -2.27. The first kappa shape index (κ1) is 25.5. The monoisotopic (exact) mass is 509 g/mol. The van der Waals surface area contributed by atoms with E-state index >= 15 is 0 Å². The molecule has 0 saturated carbocycles. The highest BCUT2D eigenvalue weighted by Crippen LogP contribution is 2.34. The van der Waals surface area contributed by atoms with Gasteiger partial charge in [-0.05, 0) is 45.7 Å². The second-order valence-electron chi connectivity index (χ2n) is 8.43. The maximum Gasteiger partial charge on any atom is 0.413 e. The first-order chi connectivity index (χ1) is 16.0. The van der Waals surface area contributed by atoms with Gasteiger partial charge >= 0.3 is 12.1 Å². The maximum atomic E-state index is 12.2. The van der Waals surface area contributed by atoms with E-state index in [0.717, 1.165) is 0 Å². The second kappa shape index (κ2) is 10.9. The van der Waals surface area contributed by atoms with Gasteiger partial charge < -0.3 is 19.1 Å². The Hall–Kier alpha value is -3.11. The van der Waals surface area contributed by atoms with Crippen molar-refractivity contribution in [3.63, 3.8) is 0 Å². The van der Waals surface area contributed by atoms with E-state index in [0.29, 0.717) is 52.0 Å². The number of imidazole rings is 1. The highest BCUT2D eigenvalue weighted by atomic mass is 35.5. The number of ether oxygens (including phenoxy) is 2. The normalized spacial score (nSPS) is 11.4. The molecule has 0 saturated heterocycles. The van der Waals surface area contributed by atoms with Gasteiger partial charge in [0.05, 0.1) is 29.5 Å². The van der Waals surface area contributed by atoms with Crippen molar-refractivity contribution in [2.45, 2.75) is 52.2 Å². The van der Waals surface area contributed by atoms with Gasteiger partial charge in [-0.15, -0.1) is 0 Å². The van der Waals surface area contributed by atoms with Crippen LogP contribution in [0.3, 0.4) is 0 Å². The van der Waals surface area contributed by atoms with Gasteiger partial charge in [0.25, 0.3) is 0 Å². The molecule has 0 spiro atoms. The summed E-state index contributed by atoms with van der Waals surface area (Å²) in [6.45, 7) is 5.85. The number of hydrogen-bond acceptors (Lipinski definition) is 7. The molecule has 10 nitrogen and oxygen atoms in total. The molecule has 2 N–H and O–H groups in total. The summed E-state index contributed by atoms with van der Waals surface area (Å²) in [5, 5.41) is 12.1. The third-order valence-electron chi connectivity index (χ3n) is 4.54. The molecule has 0 aliphatic carbocycles. The van der Waals surface area contributed by atoms with E-state index in [9.17, 15) is 9.59 Å². The van der Waals surface area contributed by atoms with Crippen LogP contribution < -0.4 is 10.1 Å². The van der Waals surface area contributed by atoms with Crippen molar-refractivity contribution in [1.82, 2.24) is 19.5 Å². The van der Waals surface area contributed by atoms with E-state index in [-0.39, 0.29) is 18.8 Å². The molecule has 34 heavy (non-hydrogen) atoms. The van der Waals surface area contributed by atoms with Gasteiger partial charge in [0.1, 0.15) is 17.7 Å². The molecule has 1 amide bonds. The first-order valence-electron chi connectivity index (χ1n) is 10.5. The van der Waals surface area contributed by atoms with E-state index in [1.165, 1.54) is 6.33 Å². The van der Waals surface area contributed by atoms with Crippen molar-refractivity contribution in [2.75, 3.05) is 11.9 Å². The van der Waals surface area contributed by atoms with Crippen molar-refractivity contribution in [1.29, 1.82) is 0 Å². The van der Waals surface area contributed by atoms with Crippen LogP contribution in [0.15, 0.2) is 24.8 Å². The average Bonchev–Trinajstić information content (AvgIpc) is 3.15. The fourth-order valence-electron chi connectivity index (χ4n) is 3.08. The summed E-state index contributed by atoms with van der Waals surface area (Å²) in [5.41, 5.74) is 0.794. The number of carbonyl (C=O) groups excluding carboxylic acids is 1. The number of fused-ring (bicyclic) bond motifs is 1. The number of hydrogen-bond donors (Lipinski definition) is 2. The van der Waals surface area contributed by atoms with Crippen LogP contribution in [0.2, 0.25) is 10.0 Å². The average molecular weight is 510 g/mol. The van der Waals surface area contributed by atoms with Crippen LogP contribution in [0.5, 0.6) is 5.75 Å². The molecule has 0 atom stereocenters. The molecule has 0 aliphatic rings. The Bertz CT molecular complexity index is 1190. The van der Waals surface area contributed by atoms with Crippen molar-refractivity contribution in [2.24, 2.45) is 0 Å². The summed E-state index contributed by atoms with van der Waals surface area (Å²) < 4.78 is 12.9. The smallest absolute Gasteiger partial charge is 0.413 e. The molecule has 182 valence electrons. The van der Waals surface area contributed by atoms with Gasteiger partial charge in [-0.2, -0.15) is 0 Å². The maximum absolute atomic E-state index is 12.2. The highest BCUT2D eigenvalue weighted by Gasteiger charge is 2.20. The van der Waals surface area contributed by atoms with Crippen molar-refractivity contribution < 1.29 is 24.2 Å². The largest absolute Gasteiger partial charge is 0.493 e. The number of halogens is 2. The Kier molecular flexibility index (Phi) is 8.16. The van der Waals surface area contributed by atoms with Crippen LogP contribution in [0.25, 0.3) is 11.2 Å². The van der Waals surface area contributed by atoms with Crippen LogP contribution in [-0.2, 0) is 16.1 Å². The van der Waals surface area contributed by atoms with E-state index < -0.39 is 17.7 Å². The summed E-state index contributed by atoms with van der Waals surface area (Å²) in [7, 11) is 0. The third kappa shape index (κ3) is 6.71. The Morgan fingerprint density at radius 2 is 1.91 bits per heavy atom. The minimum absolute atomic E-state index is 0.0813. The topological polar surface area (TPSA) is 128 Å². The number of unbranched alkanes of at least 4 members (excludes halogenated alkanes) is 1. The number of carboxylic acids is 1. The number of benzene rings is 1. The number of aliphatic carboxylic acids is 1. The molecule has 3 aromatic rings. The van der Waals surface area contributed by atoms with Gasteiger partial charge in [-0.1, -0.05) is 23.2 Å². The Labute approximate surface area is 206 Å². The minimum atomic E-state index is -0.843. The summed E-state index contributed by atoms with van der Waals surface area (Å²) in [5.74, 6) is -0.109. The molecule has 0 bridgehead atoms. The predicted molar refractivity (Wildman–Crippen MR) is 128 cm³/mol. The molecular weight excluding hydrogens is 485 g/mol. The Morgan fingerprint density at radius 1 is 1.15 bits per heavy atom. The molecule has 0 fully saturated rings. The van der Waals surface area contributed by atoms with E-state index in [2.05, 4.69) is 20.3 Å². The molecule has 0 aliphatic heterocycles. The number of aromatic nitrogens is 4. The number of anilines is 1. The number of rotatable bonds is 9. The summed E-state index contributed by atoms with van der Waals surface area (Å²) in [6, 6.07) is 3.35. The van der Waals surface area contributed by atoms with Gasteiger partial charge in [0.15, 0.2) is 17.0 Å². The van der Waals surface area contributed by atoms with Crippen LogP contribution >= 0.6 is 23.2 Å². The summed E-state index contributed by atoms with van der Waals surface area (Å²) in [4.78, 5) is 35.6. The predicted octanol–water partition coefficient (Wildman–Crippen LogP) is 5.16. The lowest BCUT2D eigenvalue weighted by molar-refractivity contribution is -0.137. The van der Waals surface area contributed by atoms with E-state index in [1.807, 2.05) is 0 Å². The summed E-state index contributed by atoms with van der Waals surface area (Å²) in [6.07, 6.45) is 3.37. The molecule has 12 heteroatoms. The number of carboxylic acid groups (broad SMARTS) is 1. The van der Waals surface area contributed by atoms with Crippen LogP contribution in [-0.4, -0.2) is 48.9 Å². The minimum Gasteiger partial charge on any atom is -0.493 e. The van der Waals surface area contributed by atoms with Crippen LogP contribution in [0.1, 0.15) is 45.6 Å². The quantitative estimate of drug-likeness (QED) is 0.378. The van der Waals surface area contributed by atoms with E-state index in [4.69, 9.17) is 37.8 Å². The number of nitrogens with zero attached hydrogens (tertiary/aromatic N) is 4. The van der Waals surface area contributed by atoms with Gasteiger partial charge in [0.2, 0.25) is 0 Å². The lowest BCUT2D eigenvalue weighted by atomic mass is 10.2. The molecule has 2 heterocycles. The fourth-order valence-corrected chi connectivity index (χ4v) is 3.47. The first-order valence-corrected chi connectivity index (χ1v) is 11.3. The van der Waals surface area contributed by atoms with E-state index in [1.54, 1.807) is 43.8 Å². The standard InChI is InChI=1S/C22H25Cl2N5O5/c1-22(2,3)34-21(32)28-19-18-20(26-11-25-19)29(12-27-18)10-13-15(8-7-14(23)17(13)24)33-9-5-4-6-16(30)31/h7-8,11-12H,4-6,9-10H2,1-3H3,(H,30,31)(H,25,26,28,32). The van der Waals surface area contributed by atoms with Gasteiger partial charge in [-0.25, -0.2) is 19.7 Å². The molecule has 0 unspecified atom stereocenters. The highest BCUT2D eigenvalue weighted by molar-refractivity contribution is 6.42. The zero-order valence-corrected chi connectivity index (χ0v) is 20.5. The second-order valence-corrected chi connectivity index (χ2v) is 9.22. The molecular formula is C22H25Cl2N5O5. The molecule has 1 aromatic carbocycles. The lowest BCUT2D eigenvalue weighted by Gasteiger charge is -2.19. The van der Waals surface area contributed by atoms with Crippen LogP contribution in [0.4, 0.5) is 10.6 Å². The summed E-state index contributed by atoms with van der Waals surface area (Å²) >= 11 is 12.7. The number of nitrogens with one attached hydrogen (secondary N) is 1. The molecule has 3 rings (SSSR count). The Balaban J connectivity index is 1.82. The molecule has 2 aromatic heterocycles. The SMILES string of the molecule is CC(C)(C)OC(=O)Nc1ncnc2c1ncn2Cc1c(OCCCCC(=O)O)ccc(Cl)c1Cl. The van der Waals surface area contributed by atoms with Gasteiger partial charge in [0, 0.05) is 12.0 Å². The van der Waals surface area contributed by atoms with Crippen molar-refractivity contribution in [3.05, 3.63) is 40.4 Å². The van der Waals surface area contributed by atoms with Crippen LogP contribution in [0, 0.1) is 0 Å². The third-order valence-corrected chi connectivity index (χ3v) is 5.39. The van der Waals surface area contributed by atoms with Gasteiger partial charge in [-0.3, -0.25) is 10.1 Å². The zero-order valence-electron chi connectivity index (χ0n) is 19.0. The number of carbonyl (C=O) groups is 2. The Morgan fingerprint density at radius 3 is 2.62 bits per heavy atom. The fraction of sp³-hybridized carbons (Fsp3) is 0.409. The molecule has 0 radical (unpaired) electrons. The van der Waals surface area contributed by atoms with Crippen molar-refractivity contribution >= 4 is 52.2 Å². The van der Waals surface area contributed by atoms with Crippen molar-refractivity contribution in [3.8, 4) is 5.75 Å². The zero-order chi connectivity index (χ0) is 24.9.